The van der Waals surface area contributed by atoms with Crippen molar-refractivity contribution in [2.24, 2.45) is 0 Å². The number of hydrogen-bond donors (Lipinski definition) is 2. The number of rotatable bonds is 8. The molecule has 0 fully saturated rings. The number of halogens is 2. The highest BCUT2D eigenvalue weighted by atomic mass is 35.5. The van der Waals surface area contributed by atoms with Gasteiger partial charge in [-0.05, 0) is 42.8 Å². The third-order valence-electron chi connectivity index (χ3n) is 5.56. The van der Waals surface area contributed by atoms with Crippen LogP contribution in [-0.2, 0) is 24.3 Å². The number of nitrogens with zero attached hydrogens (tertiary/aromatic N) is 3. The van der Waals surface area contributed by atoms with E-state index in [4.69, 9.17) is 11.6 Å². The molecular weight excluding hydrogens is 457 g/mol. The van der Waals surface area contributed by atoms with Crippen LogP contribution in [0.25, 0.3) is 0 Å². The molecule has 0 unspecified atom stereocenters. The molecule has 7 nitrogen and oxygen atoms in total. The van der Waals surface area contributed by atoms with Crippen LogP contribution >= 0.6 is 11.6 Å². The molecule has 9 heteroatoms. The summed E-state index contributed by atoms with van der Waals surface area (Å²) >= 11 is 6.13. The molecule has 1 aliphatic heterocycles. The maximum atomic E-state index is 12.9. The summed E-state index contributed by atoms with van der Waals surface area (Å²) in [4.78, 5) is 31.3. The summed E-state index contributed by atoms with van der Waals surface area (Å²) in [6.45, 7) is 2.58. The fourth-order valence-electron chi connectivity index (χ4n) is 3.71. The second kappa shape index (κ2) is 11.1. The summed E-state index contributed by atoms with van der Waals surface area (Å²) in [5.74, 6) is 0.0274. The van der Waals surface area contributed by atoms with Gasteiger partial charge in [0.25, 0.3) is 5.91 Å². The zero-order valence-electron chi connectivity index (χ0n) is 18.5. The smallest absolute Gasteiger partial charge is 0.273 e. The van der Waals surface area contributed by atoms with E-state index in [9.17, 15) is 14.0 Å². The SMILES string of the molecule is O=C(Nc1ccccc1Cl)c1cnc2n1CCN(C(=O)/C=C/CNCCc1ccc(F)cc1)C2. The van der Waals surface area contributed by atoms with Gasteiger partial charge in [-0.3, -0.25) is 9.59 Å². The Hall–Kier alpha value is -3.49. The molecule has 3 aromatic rings. The molecule has 0 saturated heterocycles. The molecule has 0 bridgehead atoms. The van der Waals surface area contributed by atoms with E-state index < -0.39 is 0 Å². The number of para-hydroxylation sites is 1. The molecule has 2 amide bonds. The van der Waals surface area contributed by atoms with Crippen LogP contribution in [0.3, 0.4) is 0 Å². The number of carbonyl (C=O) groups excluding carboxylic acids is 2. The third kappa shape index (κ3) is 5.89. The van der Waals surface area contributed by atoms with Crippen molar-refractivity contribution in [3.63, 3.8) is 0 Å². The van der Waals surface area contributed by atoms with E-state index in [0.29, 0.717) is 48.4 Å². The van der Waals surface area contributed by atoms with Crippen molar-refractivity contribution in [2.45, 2.75) is 19.5 Å². The van der Waals surface area contributed by atoms with Crippen molar-refractivity contribution in [2.75, 3.05) is 25.0 Å². The van der Waals surface area contributed by atoms with Gasteiger partial charge in [-0.1, -0.05) is 41.9 Å². The second-order valence-electron chi connectivity index (χ2n) is 7.89. The molecule has 0 aliphatic carbocycles. The van der Waals surface area contributed by atoms with E-state index in [2.05, 4.69) is 15.6 Å². The molecule has 0 spiro atoms. The van der Waals surface area contributed by atoms with Crippen molar-refractivity contribution >= 4 is 29.1 Å². The number of anilines is 1. The van der Waals surface area contributed by atoms with Gasteiger partial charge in [-0.15, -0.1) is 0 Å². The van der Waals surface area contributed by atoms with Gasteiger partial charge in [0.2, 0.25) is 5.91 Å². The van der Waals surface area contributed by atoms with Crippen LogP contribution in [0.2, 0.25) is 5.02 Å². The quantitative estimate of drug-likeness (QED) is 0.380. The van der Waals surface area contributed by atoms with E-state index in [1.54, 1.807) is 53.5 Å². The van der Waals surface area contributed by atoms with Gasteiger partial charge in [-0.25, -0.2) is 9.37 Å². The van der Waals surface area contributed by atoms with E-state index in [1.165, 1.54) is 18.3 Å². The minimum absolute atomic E-state index is 0.100. The molecule has 1 aliphatic rings. The Balaban J connectivity index is 1.25. The summed E-state index contributed by atoms with van der Waals surface area (Å²) in [5, 5.41) is 6.51. The lowest BCUT2D eigenvalue weighted by atomic mass is 10.1. The Morgan fingerprint density at radius 2 is 1.91 bits per heavy atom. The Bertz CT molecular complexity index is 1190. The van der Waals surface area contributed by atoms with Crippen molar-refractivity contribution in [3.8, 4) is 0 Å². The first kappa shape index (κ1) is 23.7. The maximum Gasteiger partial charge on any atom is 0.273 e. The van der Waals surface area contributed by atoms with Gasteiger partial charge in [0.15, 0.2) is 0 Å². The fourth-order valence-corrected chi connectivity index (χ4v) is 3.90. The predicted molar refractivity (Wildman–Crippen MR) is 129 cm³/mol. The van der Waals surface area contributed by atoms with Crippen molar-refractivity contribution in [3.05, 3.63) is 94.8 Å². The van der Waals surface area contributed by atoms with Crippen molar-refractivity contribution < 1.29 is 14.0 Å². The Morgan fingerprint density at radius 1 is 1.12 bits per heavy atom. The van der Waals surface area contributed by atoms with Crippen LogP contribution < -0.4 is 10.6 Å². The average Bonchev–Trinajstić information content (AvgIpc) is 3.27. The highest BCUT2D eigenvalue weighted by Crippen LogP contribution is 2.22. The fraction of sp³-hybridized carbons (Fsp3) is 0.240. The molecule has 34 heavy (non-hydrogen) atoms. The second-order valence-corrected chi connectivity index (χ2v) is 8.30. The summed E-state index contributed by atoms with van der Waals surface area (Å²) in [6.07, 6.45) is 5.64. The summed E-state index contributed by atoms with van der Waals surface area (Å²) in [5.41, 5.74) is 2.02. The molecule has 0 atom stereocenters. The number of amides is 2. The predicted octanol–water partition coefficient (Wildman–Crippen LogP) is 3.66. The first-order chi connectivity index (χ1) is 16.5. The van der Waals surface area contributed by atoms with Crippen LogP contribution in [0.5, 0.6) is 0 Å². The minimum atomic E-state index is -0.293. The van der Waals surface area contributed by atoms with Crippen LogP contribution in [0.15, 0.2) is 66.9 Å². The van der Waals surface area contributed by atoms with Crippen LogP contribution in [0, 0.1) is 5.82 Å². The average molecular weight is 482 g/mol. The lowest BCUT2D eigenvalue weighted by Crippen LogP contribution is -2.38. The van der Waals surface area contributed by atoms with Crippen molar-refractivity contribution in [1.29, 1.82) is 0 Å². The van der Waals surface area contributed by atoms with Crippen LogP contribution in [0.4, 0.5) is 10.1 Å². The van der Waals surface area contributed by atoms with Gasteiger partial charge in [0.05, 0.1) is 23.5 Å². The molecule has 1 aromatic heterocycles. The lowest BCUT2D eigenvalue weighted by molar-refractivity contribution is -0.127. The van der Waals surface area contributed by atoms with Gasteiger partial charge in [0, 0.05) is 25.7 Å². The zero-order valence-corrected chi connectivity index (χ0v) is 19.3. The number of aromatic nitrogens is 2. The van der Waals surface area contributed by atoms with E-state index >= 15 is 0 Å². The first-order valence-electron chi connectivity index (χ1n) is 11.0. The molecule has 2 aromatic carbocycles. The van der Waals surface area contributed by atoms with Gasteiger partial charge in [0.1, 0.15) is 17.3 Å². The zero-order chi connectivity index (χ0) is 23.9. The number of carbonyl (C=O) groups is 2. The molecule has 0 radical (unpaired) electrons. The molecule has 0 saturated carbocycles. The Morgan fingerprint density at radius 3 is 2.71 bits per heavy atom. The van der Waals surface area contributed by atoms with Gasteiger partial charge in [-0.2, -0.15) is 0 Å². The molecular formula is C25H25ClFN5O2. The number of imidazole rings is 1. The van der Waals surface area contributed by atoms with Gasteiger partial charge < -0.3 is 20.1 Å². The highest BCUT2D eigenvalue weighted by Gasteiger charge is 2.25. The van der Waals surface area contributed by atoms with Crippen LogP contribution in [-0.4, -0.2) is 45.9 Å². The Kier molecular flexibility index (Phi) is 7.72. The van der Waals surface area contributed by atoms with Crippen LogP contribution in [0.1, 0.15) is 21.9 Å². The number of fused-ring (bicyclic) bond motifs is 1. The topological polar surface area (TPSA) is 79.3 Å². The van der Waals surface area contributed by atoms with Crippen molar-refractivity contribution in [1.82, 2.24) is 19.8 Å². The van der Waals surface area contributed by atoms with E-state index in [-0.39, 0.29) is 17.6 Å². The molecule has 176 valence electrons. The maximum absolute atomic E-state index is 12.9. The monoisotopic (exact) mass is 481 g/mol. The van der Waals surface area contributed by atoms with Gasteiger partial charge >= 0.3 is 0 Å². The van der Waals surface area contributed by atoms with E-state index in [1.807, 2.05) is 4.57 Å². The summed E-state index contributed by atoms with van der Waals surface area (Å²) < 4.78 is 14.8. The minimum Gasteiger partial charge on any atom is -0.330 e. The third-order valence-corrected chi connectivity index (χ3v) is 5.89. The summed E-state index contributed by atoms with van der Waals surface area (Å²) in [6, 6.07) is 13.5. The molecule has 2 heterocycles. The normalized spacial score (nSPS) is 13.2. The number of benzene rings is 2. The molecule has 4 rings (SSSR count). The first-order valence-corrected chi connectivity index (χ1v) is 11.4. The largest absolute Gasteiger partial charge is 0.330 e. The number of hydrogen-bond acceptors (Lipinski definition) is 4. The molecule has 2 N–H and O–H groups in total. The Labute approximate surface area is 202 Å². The standard InChI is InChI=1S/C25H25ClFN5O2/c26-20-4-1-2-5-21(20)30-25(34)22-16-29-23-17-31(14-15-32(22)23)24(33)6-3-12-28-13-11-18-7-9-19(27)10-8-18/h1-10,16,28H,11-15,17H2,(H,30,34)/b6-3+. The van der Waals surface area contributed by atoms with E-state index in [0.717, 1.165) is 18.5 Å². The highest BCUT2D eigenvalue weighted by molar-refractivity contribution is 6.33. The lowest BCUT2D eigenvalue weighted by Gasteiger charge is -2.27. The number of nitrogens with one attached hydrogen (secondary N) is 2. The summed E-state index contributed by atoms with van der Waals surface area (Å²) in [7, 11) is 0.